The van der Waals surface area contributed by atoms with Crippen LogP contribution in [0.1, 0.15) is 28.1 Å². The lowest BCUT2D eigenvalue weighted by molar-refractivity contribution is 0.0934. The summed E-state index contributed by atoms with van der Waals surface area (Å²) in [6.07, 6.45) is 2.35. The van der Waals surface area contributed by atoms with Crippen molar-refractivity contribution in [2.24, 2.45) is 5.92 Å². The first kappa shape index (κ1) is 17.0. The third kappa shape index (κ3) is 4.36. The molecule has 5 heteroatoms. The standard InChI is InChI=1S/C19H24N2O2S/c1-23-17-8-3-2-7-16(17)14-21-10-4-6-15(13-21)12-20-19(22)18-9-5-11-24-18/h2-3,5,7-9,11,15H,4,6,10,12-14H2,1H3,(H,20,22). The zero-order chi connectivity index (χ0) is 16.8. The Bertz CT molecular complexity index is 657. The molecule has 0 aliphatic carbocycles. The van der Waals surface area contributed by atoms with Crippen molar-refractivity contribution >= 4 is 17.2 Å². The first-order chi connectivity index (χ1) is 11.8. The minimum atomic E-state index is 0.0480. The highest BCUT2D eigenvalue weighted by Gasteiger charge is 2.21. The number of nitrogens with one attached hydrogen (secondary N) is 1. The summed E-state index contributed by atoms with van der Waals surface area (Å²) in [7, 11) is 1.72. The predicted octanol–water partition coefficient (Wildman–Crippen LogP) is 3.40. The van der Waals surface area contributed by atoms with Crippen LogP contribution in [0.25, 0.3) is 0 Å². The lowest BCUT2D eigenvalue weighted by Gasteiger charge is -2.33. The fourth-order valence-corrected chi connectivity index (χ4v) is 3.91. The Kier molecular flexibility index (Phi) is 5.88. The van der Waals surface area contributed by atoms with E-state index in [0.717, 1.165) is 36.8 Å². The maximum atomic E-state index is 12.1. The van der Waals surface area contributed by atoms with E-state index in [2.05, 4.69) is 22.3 Å². The third-order valence-electron chi connectivity index (χ3n) is 4.49. The number of hydrogen-bond acceptors (Lipinski definition) is 4. The molecule has 0 spiro atoms. The molecule has 128 valence electrons. The van der Waals surface area contributed by atoms with E-state index < -0.39 is 0 Å². The SMILES string of the molecule is COc1ccccc1CN1CCCC(CNC(=O)c2cccs2)C1. The fraction of sp³-hybridized carbons (Fsp3) is 0.421. The van der Waals surface area contributed by atoms with E-state index >= 15 is 0 Å². The molecule has 24 heavy (non-hydrogen) atoms. The molecule has 1 N–H and O–H groups in total. The molecule has 1 atom stereocenters. The number of amides is 1. The minimum absolute atomic E-state index is 0.0480. The van der Waals surface area contributed by atoms with E-state index in [9.17, 15) is 4.79 Å². The third-order valence-corrected chi connectivity index (χ3v) is 5.35. The Balaban J connectivity index is 1.52. The van der Waals surface area contributed by atoms with Gasteiger partial charge in [-0.2, -0.15) is 0 Å². The number of benzene rings is 1. The van der Waals surface area contributed by atoms with Crippen molar-refractivity contribution in [3.8, 4) is 5.75 Å². The number of piperidine rings is 1. The molecule has 1 saturated heterocycles. The van der Waals surface area contributed by atoms with Crippen LogP contribution in [0.5, 0.6) is 5.75 Å². The second-order valence-corrected chi connectivity index (χ2v) is 7.19. The molecule has 0 bridgehead atoms. The van der Waals surface area contributed by atoms with Gasteiger partial charge in [-0.15, -0.1) is 11.3 Å². The number of ether oxygens (including phenoxy) is 1. The van der Waals surface area contributed by atoms with E-state index in [0.29, 0.717) is 5.92 Å². The average Bonchev–Trinajstić information content (AvgIpc) is 3.15. The highest BCUT2D eigenvalue weighted by Crippen LogP contribution is 2.23. The summed E-state index contributed by atoms with van der Waals surface area (Å²) in [5.74, 6) is 1.51. The lowest BCUT2D eigenvalue weighted by atomic mass is 9.97. The number of nitrogens with zero attached hydrogens (tertiary/aromatic N) is 1. The van der Waals surface area contributed by atoms with Crippen LogP contribution in [0.15, 0.2) is 41.8 Å². The molecule has 0 saturated carbocycles. The van der Waals surface area contributed by atoms with Gasteiger partial charge in [0, 0.05) is 25.2 Å². The normalized spacial score (nSPS) is 18.3. The van der Waals surface area contributed by atoms with E-state index in [1.807, 2.05) is 29.6 Å². The van der Waals surface area contributed by atoms with E-state index in [1.165, 1.54) is 29.7 Å². The van der Waals surface area contributed by atoms with Gasteiger partial charge in [0.25, 0.3) is 5.91 Å². The van der Waals surface area contributed by atoms with Crippen molar-refractivity contribution in [1.29, 1.82) is 0 Å². The van der Waals surface area contributed by atoms with Crippen molar-refractivity contribution in [3.05, 3.63) is 52.2 Å². The summed E-state index contributed by atoms with van der Waals surface area (Å²) in [6.45, 7) is 3.77. The molecule has 3 rings (SSSR count). The van der Waals surface area contributed by atoms with Crippen molar-refractivity contribution in [1.82, 2.24) is 10.2 Å². The van der Waals surface area contributed by atoms with Gasteiger partial charge in [-0.25, -0.2) is 0 Å². The van der Waals surface area contributed by atoms with Crippen LogP contribution in [0.3, 0.4) is 0 Å². The van der Waals surface area contributed by atoms with E-state index in [-0.39, 0.29) is 5.91 Å². The molecule has 2 aromatic rings. The molecule has 0 radical (unpaired) electrons. The molecule has 1 aliphatic heterocycles. The van der Waals surface area contributed by atoms with Crippen molar-refractivity contribution in [2.45, 2.75) is 19.4 Å². The number of para-hydroxylation sites is 1. The summed E-state index contributed by atoms with van der Waals surface area (Å²) in [5, 5.41) is 5.02. The van der Waals surface area contributed by atoms with Gasteiger partial charge in [0.1, 0.15) is 5.75 Å². The maximum Gasteiger partial charge on any atom is 0.261 e. The largest absolute Gasteiger partial charge is 0.496 e. The minimum Gasteiger partial charge on any atom is -0.496 e. The molecule has 1 aliphatic rings. The highest BCUT2D eigenvalue weighted by atomic mass is 32.1. The van der Waals surface area contributed by atoms with Gasteiger partial charge in [0.05, 0.1) is 12.0 Å². The number of carbonyl (C=O) groups excluding carboxylic acids is 1. The van der Waals surface area contributed by atoms with Crippen LogP contribution >= 0.6 is 11.3 Å². The van der Waals surface area contributed by atoms with Gasteiger partial charge in [-0.05, 0) is 42.8 Å². The van der Waals surface area contributed by atoms with Gasteiger partial charge in [0.15, 0.2) is 0 Å². The van der Waals surface area contributed by atoms with Gasteiger partial charge in [0.2, 0.25) is 0 Å². The summed E-state index contributed by atoms with van der Waals surface area (Å²) in [6, 6.07) is 12.0. The van der Waals surface area contributed by atoms with Gasteiger partial charge >= 0.3 is 0 Å². The van der Waals surface area contributed by atoms with Crippen molar-refractivity contribution < 1.29 is 9.53 Å². The van der Waals surface area contributed by atoms with Gasteiger partial charge < -0.3 is 10.1 Å². The summed E-state index contributed by atoms with van der Waals surface area (Å²) >= 11 is 1.49. The fourth-order valence-electron chi connectivity index (χ4n) is 3.27. The molecule has 1 amide bonds. The highest BCUT2D eigenvalue weighted by molar-refractivity contribution is 7.12. The van der Waals surface area contributed by atoms with Crippen LogP contribution in [0.4, 0.5) is 0 Å². The number of methoxy groups -OCH3 is 1. The number of likely N-dealkylation sites (tertiary alicyclic amines) is 1. The molecular formula is C19H24N2O2S. The van der Waals surface area contributed by atoms with Gasteiger partial charge in [-0.3, -0.25) is 9.69 Å². The van der Waals surface area contributed by atoms with Crippen molar-refractivity contribution in [2.75, 3.05) is 26.7 Å². The predicted molar refractivity (Wildman–Crippen MR) is 97.6 cm³/mol. The monoisotopic (exact) mass is 344 g/mol. The van der Waals surface area contributed by atoms with Crippen LogP contribution in [-0.2, 0) is 6.54 Å². The van der Waals surface area contributed by atoms with E-state index in [1.54, 1.807) is 7.11 Å². The van der Waals surface area contributed by atoms with Crippen LogP contribution in [0.2, 0.25) is 0 Å². The van der Waals surface area contributed by atoms with Crippen molar-refractivity contribution in [3.63, 3.8) is 0 Å². The second-order valence-electron chi connectivity index (χ2n) is 6.24. The summed E-state index contributed by atoms with van der Waals surface area (Å²) in [4.78, 5) is 15.3. The Morgan fingerprint density at radius 2 is 2.21 bits per heavy atom. The Morgan fingerprint density at radius 3 is 3.00 bits per heavy atom. The second kappa shape index (κ2) is 8.31. The number of hydrogen-bond donors (Lipinski definition) is 1. The number of carbonyl (C=O) groups is 1. The van der Waals surface area contributed by atoms with Crippen LogP contribution in [0, 0.1) is 5.92 Å². The maximum absolute atomic E-state index is 12.1. The molecular weight excluding hydrogens is 320 g/mol. The zero-order valence-electron chi connectivity index (χ0n) is 14.0. The summed E-state index contributed by atoms with van der Waals surface area (Å²) < 4.78 is 5.45. The van der Waals surface area contributed by atoms with E-state index in [4.69, 9.17) is 4.74 Å². The number of thiophene rings is 1. The molecule has 1 fully saturated rings. The molecule has 1 aromatic carbocycles. The Morgan fingerprint density at radius 1 is 1.33 bits per heavy atom. The average molecular weight is 344 g/mol. The first-order valence-corrected chi connectivity index (χ1v) is 9.30. The molecule has 2 heterocycles. The summed E-state index contributed by atoms with van der Waals surface area (Å²) in [5.41, 5.74) is 1.23. The first-order valence-electron chi connectivity index (χ1n) is 8.42. The molecule has 1 unspecified atom stereocenters. The Labute approximate surface area is 147 Å². The van der Waals surface area contributed by atoms with Gasteiger partial charge in [-0.1, -0.05) is 24.3 Å². The van der Waals surface area contributed by atoms with Crippen LogP contribution < -0.4 is 10.1 Å². The molecule has 4 nitrogen and oxygen atoms in total. The smallest absolute Gasteiger partial charge is 0.261 e. The molecule has 1 aromatic heterocycles. The zero-order valence-corrected chi connectivity index (χ0v) is 14.8. The topological polar surface area (TPSA) is 41.6 Å². The Hall–Kier alpha value is -1.85. The quantitative estimate of drug-likeness (QED) is 0.873. The van der Waals surface area contributed by atoms with Crippen LogP contribution in [-0.4, -0.2) is 37.6 Å². The lowest BCUT2D eigenvalue weighted by Crippen LogP contribution is -2.40. The number of rotatable bonds is 6.